The zero-order valence-electron chi connectivity index (χ0n) is 16.4. The molecule has 1 aliphatic heterocycles. The summed E-state index contributed by atoms with van der Waals surface area (Å²) in [5.41, 5.74) is 7.26. The Kier molecular flexibility index (Phi) is 5.10. The third kappa shape index (κ3) is 3.45. The number of aromatic nitrogens is 4. The normalized spacial score (nSPS) is 23.6. The number of rotatable bonds is 4. The maximum atomic E-state index is 10.7. The van der Waals surface area contributed by atoms with Crippen LogP contribution in [-0.4, -0.2) is 43.4 Å². The van der Waals surface area contributed by atoms with E-state index in [9.17, 15) is 5.11 Å². The molecule has 4 aromatic rings. The lowest BCUT2D eigenvalue weighted by Gasteiger charge is -2.18. The van der Waals surface area contributed by atoms with E-state index in [1.54, 1.807) is 18.2 Å². The summed E-state index contributed by atoms with van der Waals surface area (Å²) in [6.45, 7) is 2.10. The number of nitrogen functional groups attached to an aromatic ring is 1. The molecule has 4 heterocycles. The van der Waals surface area contributed by atoms with Gasteiger partial charge in [0, 0.05) is 29.8 Å². The van der Waals surface area contributed by atoms with Crippen LogP contribution in [0.15, 0.2) is 43.0 Å². The van der Waals surface area contributed by atoms with Crippen LogP contribution in [0.5, 0.6) is 5.75 Å². The van der Waals surface area contributed by atoms with E-state index in [0.29, 0.717) is 32.8 Å². The van der Waals surface area contributed by atoms with Gasteiger partial charge in [0.25, 0.3) is 0 Å². The quantitative estimate of drug-likeness (QED) is 0.476. The molecule has 0 spiro atoms. The molecule has 0 aliphatic carbocycles. The van der Waals surface area contributed by atoms with Crippen molar-refractivity contribution in [2.24, 2.45) is 5.92 Å². The number of pyridine rings is 1. The van der Waals surface area contributed by atoms with E-state index in [1.165, 1.54) is 12.5 Å². The summed E-state index contributed by atoms with van der Waals surface area (Å²) in [5.74, 6) is 0.818. The molecular formula is C21H19Cl2N5O3. The minimum Gasteiger partial charge on any atom is -0.491 e. The van der Waals surface area contributed by atoms with Crippen LogP contribution in [-0.2, 0) is 4.74 Å². The van der Waals surface area contributed by atoms with Gasteiger partial charge in [0.1, 0.15) is 42.5 Å². The first-order valence-electron chi connectivity index (χ1n) is 9.71. The number of hydrogen-bond acceptors (Lipinski definition) is 7. The molecule has 1 saturated heterocycles. The highest BCUT2D eigenvalue weighted by atomic mass is 35.5. The summed E-state index contributed by atoms with van der Waals surface area (Å²) < 4.78 is 13.9. The van der Waals surface area contributed by atoms with E-state index in [1.807, 2.05) is 23.8 Å². The average Bonchev–Trinajstić information content (AvgIpc) is 3.32. The lowest BCUT2D eigenvalue weighted by Crippen LogP contribution is -2.30. The van der Waals surface area contributed by atoms with Crippen LogP contribution < -0.4 is 10.5 Å². The Labute approximate surface area is 187 Å². The number of halogens is 2. The zero-order chi connectivity index (χ0) is 21.7. The molecular weight excluding hydrogens is 441 g/mol. The Morgan fingerprint density at radius 2 is 2.03 bits per heavy atom. The van der Waals surface area contributed by atoms with Crippen LogP contribution in [0.4, 0.5) is 5.82 Å². The van der Waals surface area contributed by atoms with Crippen LogP contribution in [0.2, 0.25) is 10.0 Å². The Balaban J connectivity index is 1.34. The fourth-order valence-electron chi connectivity index (χ4n) is 3.93. The number of nitrogens with two attached hydrogens (primary N) is 1. The standard InChI is InChI=1S/C21H19Cl2N5O3/c1-10-18(29)16(31-21(10)28-5-4-13-19(24)26-9-27-20(13)28)8-30-11-2-3-12-15(6-11)25-7-14(22)17(12)23/h2-7,9-10,16,18,21,29H,8H2,1H3,(H2,24,26,27)/t10-,16-,18+,21-/m1/s1. The van der Waals surface area contributed by atoms with Crippen LogP contribution in [0.3, 0.4) is 0 Å². The minimum atomic E-state index is -0.714. The first-order chi connectivity index (χ1) is 14.9. The van der Waals surface area contributed by atoms with Crippen LogP contribution in [0.1, 0.15) is 13.2 Å². The van der Waals surface area contributed by atoms with Gasteiger partial charge in [0.2, 0.25) is 0 Å². The number of aliphatic hydroxyl groups is 1. The van der Waals surface area contributed by atoms with Crippen molar-refractivity contribution in [1.29, 1.82) is 0 Å². The molecule has 4 atom stereocenters. The minimum absolute atomic E-state index is 0.172. The maximum absolute atomic E-state index is 10.7. The fourth-order valence-corrected chi connectivity index (χ4v) is 4.29. The Morgan fingerprint density at radius 3 is 2.87 bits per heavy atom. The Morgan fingerprint density at radius 1 is 1.19 bits per heavy atom. The first kappa shape index (κ1) is 20.3. The second-order valence-corrected chi connectivity index (χ2v) is 8.33. The largest absolute Gasteiger partial charge is 0.491 e. The summed E-state index contributed by atoms with van der Waals surface area (Å²) in [7, 11) is 0. The first-order valence-corrected chi connectivity index (χ1v) is 10.5. The summed E-state index contributed by atoms with van der Waals surface area (Å²) in [4.78, 5) is 12.6. The molecule has 0 saturated carbocycles. The average molecular weight is 460 g/mol. The van der Waals surface area contributed by atoms with E-state index < -0.39 is 18.4 Å². The highest BCUT2D eigenvalue weighted by Crippen LogP contribution is 2.37. The van der Waals surface area contributed by atoms with Gasteiger partial charge in [-0.3, -0.25) is 4.98 Å². The lowest BCUT2D eigenvalue weighted by molar-refractivity contribution is -0.0396. The molecule has 10 heteroatoms. The molecule has 0 radical (unpaired) electrons. The molecule has 1 aromatic carbocycles. The molecule has 8 nitrogen and oxygen atoms in total. The van der Waals surface area contributed by atoms with Gasteiger partial charge in [0.05, 0.1) is 27.1 Å². The topological polar surface area (TPSA) is 108 Å². The monoisotopic (exact) mass is 459 g/mol. The second kappa shape index (κ2) is 7.80. The SMILES string of the molecule is C[C@@H]1[C@H](O)[C@@H](COc2ccc3c(Cl)c(Cl)cnc3c2)O[C@H]1n1ccc2c(N)ncnc21. The van der Waals surface area contributed by atoms with Crippen molar-refractivity contribution in [3.05, 3.63) is 53.0 Å². The molecule has 0 bridgehead atoms. The highest BCUT2D eigenvalue weighted by Gasteiger charge is 2.42. The van der Waals surface area contributed by atoms with E-state index >= 15 is 0 Å². The number of benzene rings is 1. The smallest absolute Gasteiger partial charge is 0.147 e. The molecule has 160 valence electrons. The van der Waals surface area contributed by atoms with Crippen molar-refractivity contribution in [2.75, 3.05) is 12.3 Å². The van der Waals surface area contributed by atoms with Crippen molar-refractivity contribution in [3.8, 4) is 5.75 Å². The second-order valence-electron chi connectivity index (χ2n) is 7.54. The van der Waals surface area contributed by atoms with Gasteiger partial charge >= 0.3 is 0 Å². The summed E-state index contributed by atoms with van der Waals surface area (Å²) in [6.07, 6.45) is 3.12. The maximum Gasteiger partial charge on any atom is 0.147 e. The van der Waals surface area contributed by atoms with Crippen molar-refractivity contribution in [2.45, 2.75) is 25.4 Å². The van der Waals surface area contributed by atoms with Gasteiger partial charge in [-0.05, 0) is 18.2 Å². The number of fused-ring (bicyclic) bond motifs is 2. The van der Waals surface area contributed by atoms with Gasteiger partial charge in [-0.25, -0.2) is 9.97 Å². The number of aliphatic hydroxyl groups excluding tert-OH is 1. The molecule has 1 fully saturated rings. The summed E-state index contributed by atoms with van der Waals surface area (Å²) in [6, 6.07) is 7.21. The fraction of sp³-hybridized carbons (Fsp3) is 0.286. The molecule has 5 rings (SSSR count). The molecule has 1 aliphatic rings. The number of ether oxygens (including phenoxy) is 2. The predicted molar refractivity (Wildman–Crippen MR) is 118 cm³/mol. The molecule has 0 amide bonds. The summed E-state index contributed by atoms with van der Waals surface area (Å²) >= 11 is 12.2. The van der Waals surface area contributed by atoms with Gasteiger partial charge < -0.3 is 24.9 Å². The molecule has 31 heavy (non-hydrogen) atoms. The van der Waals surface area contributed by atoms with E-state index in [0.717, 1.165) is 10.8 Å². The number of hydrogen-bond donors (Lipinski definition) is 2. The van der Waals surface area contributed by atoms with E-state index in [2.05, 4.69) is 15.0 Å². The Hall–Kier alpha value is -2.65. The van der Waals surface area contributed by atoms with Gasteiger partial charge in [-0.2, -0.15) is 0 Å². The highest BCUT2D eigenvalue weighted by molar-refractivity contribution is 6.45. The van der Waals surface area contributed by atoms with Crippen molar-refractivity contribution >= 4 is 51.0 Å². The van der Waals surface area contributed by atoms with Crippen LogP contribution in [0.25, 0.3) is 21.9 Å². The molecule has 3 aromatic heterocycles. The van der Waals surface area contributed by atoms with Crippen LogP contribution >= 0.6 is 23.2 Å². The lowest BCUT2D eigenvalue weighted by atomic mass is 10.0. The number of anilines is 1. The third-order valence-electron chi connectivity index (χ3n) is 5.64. The van der Waals surface area contributed by atoms with Crippen molar-refractivity contribution in [3.63, 3.8) is 0 Å². The van der Waals surface area contributed by atoms with Gasteiger partial charge in [0.15, 0.2) is 0 Å². The van der Waals surface area contributed by atoms with Crippen LogP contribution in [0, 0.1) is 5.92 Å². The zero-order valence-corrected chi connectivity index (χ0v) is 18.0. The van der Waals surface area contributed by atoms with E-state index in [4.69, 9.17) is 38.4 Å². The van der Waals surface area contributed by atoms with Gasteiger partial charge in [-0.15, -0.1) is 0 Å². The van der Waals surface area contributed by atoms with Crippen molar-refractivity contribution in [1.82, 2.24) is 19.5 Å². The van der Waals surface area contributed by atoms with E-state index in [-0.39, 0.29) is 12.5 Å². The molecule has 0 unspecified atom stereocenters. The predicted octanol–water partition coefficient (Wildman–Crippen LogP) is 3.84. The van der Waals surface area contributed by atoms with Crippen molar-refractivity contribution < 1.29 is 14.6 Å². The molecule has 3 N–H and O–H groups in total. The third-order valence-corrected chi connectivity index (χ3v) is 6.43. The summed E-state index contributed by atoms with van der Waals surface area (Å²) in [5, 5.41) is 13.1. The van der Waals surface area contributed by atoms with Gasteiger partial charge in [-0.1, -0.05) is 30.1 Å². The Bertz CT molecular complexity index is 1280. The number of nitrogens with zero attached hydrogens (tertiary/aromatic N) is 4.